The van der Waals surface area contributed by atoms with E-state index in [1.807, 2.05) is 6.92 Å². The van der Waals surface area contributed by atoms with E-state index in [1.165, 1.54) is 0 Å². The van der Waals surface area contributed by atoms with Gasteiger partial charge in [-0.2, -0.15) is 0 Å². The highest BCUT2D eigenvalue weighted by molar-refractivity contribution is 5.71. The van der Waals surface area contributed by atoms with Crippen LogP contribution in [0.25, 0.3) is 0 Å². The van der Waals surface area contributed by atoms with E-state index >= 15 is 0 Å². The van der Waals surface area contributed by atoms with Gasteiger partial charge in [-0.05, 0) is 12.3 Å². The number of rotatable bonds is 8. The number of hydrogen-bond donors (Lipinski definition) is 1. The fraction of sp³-hybridized carbons (Fsp3) is 0.917. The Bertz CT molecular complexity index is 235. The molecule has 5 heteroatoms. The highest BCUT2D eigenvalue weighted by atomic mass is 16.5. The number of likely N-dealkylation sites (tertiary alicyclic amines) is 1. The molecule has 1 fully saturated rings. The monoisotopic (exact) mass is 245 g/mol. The summed E-state index contributed by atoms with van der Waals surface area (Å²) in [7, 11) is 1.65. The summed E-state index contributed by atoms with van der Waals surface area (Å²) in [6.45, 7) is 6.46. The number of carboxylic acid groups (broad SMARTS) is 1. The maximum atomic E-state index is 10.9. The SMILES string of the molecule is COCCOCCCN1C[C@@H](C)[C@H](C(=O)O)C1. The molecule has 1 rings (SSSR count). The summed E-state index contributed by atoms with van der Waals surface area (Å²) in [6.07, 6.45) is 0.947. The lowest BCUT2D eigenvalue weighted by atomic mass is 9.99. The van der Waals surface area contributed by atoms with E-state index in [0.29, 0.717) is 26.4 Å². The molecule has 0 spiro atoms. The maximum absolute atomic E-state index is 10.9. The van der Waals surface area contributed by atoms with Crippen molar-refractivity contribution in [3.63, 3.8) is 0 Å². The molecule has 0 aromatic carbocycles. The predicted octanol–water partition coefficient (Wildman–Crippen LogP) is 0.692. The number of carbonyl (C=O) groups is 1. The number of nitrogens with zero attached hydrogens (tertiary/aromatic N) is 1. The molecule has 0 radical (unpaired) electrons. The molecule has 0 unspecified atom stereocenters. The van der Waals surface area contributed by atoms with Crippen molar-refractivity contribution < 1.29 is 19.4 Å². The van der Waals surface area contributed by atoms with Gasteiger partial charge in [0, 0.05) is 33.4 Å². The van der Waals surface area contributed by atoms with Gasteiger partial charge in [-0.3, -0.25) is 4.79 Å². The highest BCUT2D eigenvalue weighted by Gasteiger charge is 2.34. The minimum absolute atomic E-state index is 0.204. The van der Waals surface area contributed by atoms with Crippen molar-refractivity contribution in [2.75, 3.05) is 46.6 Å². The van der Waals surface area contributed by atoms with E-state index in [0.717, 1.165) is 19.5 Å². The predicted molar refractivity (Wildman–Crippen MR) is 64.0 cm³/mol. The van der Waals surface area contributed by atoms with Gasteiger partial charge < -0.3 is 19.5 Å². The zero-order valence-electron chi connectivity index (χ0n) is 10.7. The van der Waals surface area contributed by atoms with E-state index in [-0.39, 0.29) is 11.8 Å². The number of methoxy groups -OCH3 is 1. The van der Waals surface area contributed by atoms with Crippen LogP contribution < -0.4 is 0 Å². The highest BCUT2D eigenvalue weighted by Crippen LogP contribution is 2.22. The number of aliphatic carboxylic acids is 1. The summed E-state index contributed by atoms with van der Waals surface area (Å²) in [5.74, 6) is -0.623. The van der Waals surface area contributed by atoms with Gasteiger partial charge in [0.2, 0.25) is 0 Å². The Hall–Kier alpha value is -0.650. The lowest BCUT2D eigenvalue weighted by Gasteiger charge is -2.14. The van der Waals surface area contributed by atoms with Crippen molar-refractivity contribution in [3.8, 4) is 0 Å². The molecule has 0 aliphatic carbocycles. The molecular formula is C12H23NO4. The maximum Gasteiger partial charge on any atom is 0.308 e. The molecule has 2 atom stereocenters. The molecule has 5 nitrogen and oxygen atoms in total. The first-order valence-electron chi connectivity index (χ1n) is 6.17. The van der Waals surface area contributed by atoms with Crippen LogP contribution in [0.4, 0.5) is 0 Å². The Morgan fingerprint density at radius 1 is 1.35 bits per heavy atom. The average Bonchev–Trinajstić information content (AvgIpc) is 2.65. The average molecular weight is 245 g/mol. The van der Waals surface area contributed by atoms with Gasteiger partial charge in [-0.1, -0.05) is 6.92 Å². The number of ether oxygens (including phenoxy) is 2. The molecule has 100 valence electrons. The number of carboxylic acids is 1. The smallest absolute Gasteiger partial charge is 0.308 e. The van der Waals surface area contributed by atoms with E-state index in [2.05, 4.69) is 4.90 Å². The third-order valence-electron chi connectivity index (χ3n) is 3.20. The fourth-order valence-corrected chi connectivity index (χ4v) is 2.21. The second-order valence-corrected chi connectivity index (χ2v) is 4.64. The molecule has 17 heavy (non-hydrogen) atoms. The lowest BCUT2D eigenvalue weighted by molar-refractivity contribution is -0.142. The number of hydrogen-bond acceptors (Lipinski definition) is 4. The summed E-state index contributed by atoms with van der Waals surface area (Å²) in [4.78, 5) is 13.2. The summed E-state index contributed by atoms with van der Waals surface area (Å²) in [5.41, 5.74) is 0. The zero-order valence-corrected chi connectivity index (χ0v) is 10.7. The summed E-state index contributed by atoms with van der Waals surface area (Å²) < 4.78 is 10.2. The van der Waals surface area contributed by atoms with Crippen LogP contribution in [0.3, 0.4) is 0 Å². The van der Waals surface area contributed by atoms with Crippen molar-refractivity contribution in [3.05, 3.63) is 0 Å². The molecular weight excluding hydrogens is 222 g/mol. The molecule has 1 saturated heterocycles. The Morgan fingerprint density at radius 3 is 2.71 bits per heavy atom. The van der Waals surface area contributed by atoms with Crippen LogP contribution in [0.15, 0.2) is 0 Å². The van der Waals surface area contributed by atoms with Crippen LogP contribution in [-0.2, 0) is 14.3 Å². The second-order valence-electron chi connectivity index (χ2n) is 4.64. The first-order chi connectivity index (χ1) is 8.15. The van der Waals surface area contributed by atoms with E-state index < -0.39 is 5.97 Å². The molecule has 0 aromatic rings. The van der Waals surface area contributed by atoms with Crippen LogP contribution in [-0.4, -0.2) is 62.5 Å². The quantitative estimate of drug-likeness (QED) is 0.638. The lowest BCUT2D eigenvalue weighted by Crippen LogP contribution is -2.25. The first kappa shape index (κ1) is 14.4. The molecule has 0 aromatic heterocycles. The van der Waals surface area contributed by atoms with Gasteiger partial charge >= 0.3 is 5.97 Å². The third-order valence-corrected chi connectivity index (χ3v) is 3.20. The summed E-state index contributed by atoms with van der Waals surface area (Å²) in [6, 6.07) is 0. The zero-order chi connectivity index (χ0) is 12.7. The Labute approximate surface area is 103 Å². The van der Waals surface area contributed by atoms with Gasteiger partial charge in [0.15, 0.2) is 0 Å². The van der Waals surface area contributed by atoms with Crippen LogP contribution >= 0.6 is 0 Å². The van der Waals surface area contributed by atoms with Gasteiger partial charge in [-0.25, -0.2) is 0 Å². The van der Waals surface area contributed by atoms with Crippen molar-refractivity contribution in [2.45, 2.75) is 13.3 Å². The van der Waals surface area contributed by atoms with E-state index in [1.54, 1.807) is 7.11 Å². The van der Waals surface area contributed by atoms with Crippen LogP contribution in [0, 0.1) is 11.8 Å². The topological polar surface area (TPSA) is 59.0 Å². The second kappa shape index (κ2) is 7.63. The summed E-state index contributed by atoms with van der Waals surface area (Å²) >= 11 is 0. The largest absolute Gasteiger partial charge is 0.481 e. The fourth-order valence-electron chi connectivity index (χ4n) is 2.21. The minimum Gasteiger partial charge on any atom is -0.481 e. The molecule has 0 bridgehead atoms. The first-order valence-corrected chi connectivity index (χ1v) is 6.17. The molecule has 0 saturated carbocycles. The summed E-state index contributed by atoms with van der Waals surface area (Å²) in [5, 5.41) is 9.00. The van der Waals surface area contributed by atoms with Crippen LogP contribution in [0.1, 0.15) is 13.3 Å². The van der Waals surface area contributed by atoms with Crippen LogP contribution in [0.2, 0.25) is 0 Å². The van der Waals surface area contributed by atoms with Gasteiger partial charge in [0.25, 0.3) is 0 Å². The molecule has 1 aliphatic heterocycles. The van der Waals surface area contributed by atoms with Crippen molar-refractivity contribution in [1.82, 2.24) is 4.90 Å². The van der Waals surface area contributed by atoms with Crippen LogP contribution in [0.5, 0.6) is 0 Å². The Balaban J connectivity index is 2.07. The normalized spacial score (nSPS) is 25.3. The third kappa shape index (κ3) is 5.02. The van der Waals surface area contributed by atoms with Crippen molar-refractivity contribution in [2.24, 2.45) is 11.8 Å². The molecule has 1 heterocycles. The Morgan fingerprint density at radius 2 is 2.12 bits per heavy atom. The minimum atomic E-state index is -0.670. The molecule has 1 aliphatic rings. The van der Waals surface area contributed by atoms with Crippen molar-refractivity contribution in [1.29, 1.82) is 0 Å². The van der Waals surface area contributed by atoms with Gasteiger partial charge in [0.1, 0.15) is 0 Å². The van der Waals surface area contributed by atoms with E-state index in [9.17, 15) is 4.79 Å². The standard InChI is InChI=1S/C12H23NO4/c1-10-8-13(9-11(10)12(14)15)4-3-5-17-7-6-16-2/h10-11H,3-9H2,1-2H3,(H,14,15)/t10-,11-/m1/s1. The Kier molecular flexibility index (Phi) is 6.47. The van der Waals surface area contributed by atoms with E-state index in [4.69, 9.17) is 14.6 Å². The van der Waals surface area contributed by atoms with Gasteiger partial charge in [0.05, 0.1) is 19.1 Å². The molecule has 0 amide bonds. The molecule has 1 N–H and O–H groups in total. The van der Waals surface area contributed by atoms with Crippen molar-refractivity contribution >= 4 is 5.97 Å². The van der Waals surface area contributed by atoms with Gasteiger partial charge in [-0.15, -0.1) is 0 Å².